The molecule has 0 radical (unpaired) electrons. The third kappa shape index (κ3) is 3.12. The third-order valence-electron chi connectivity index (χ3n) is 5.17. The van der Waals surface area contributed by atoms with Crippen LogP contribution in [0.5, 0.6) is 0 Å². The standard InChI is InChI=1S/C19H22N6O/c1-13-14(2)25(11-20-13)17-6-4-16(5-7-17)22-19(26)15-3-8-18-23-21-12-24(18)10-9-15/h4-7,11-12,15H,3,8-10H2,1-2H3,(H,22,26). The Hall–Kier alpha value is -2.96. The van der Waals surface area contributed by atoms with Gasteiger partial charge in [-0.1, -0.05) is 0 Å². The molecule has 7 heteroatoms. The number of aromatic nitrogens is 5. The van der Waals surface area contributed by atoms with Crippen molar-refractivity contribution in [2.24, 2.45) is 5.92 Å². The summed E-state index contributed by atoms with van der Waals surface area (Å²) in [7, 11) is 0. The summed E-state index contributed by atoms with van der Waals surface area (Å²) in [5.74, 6) is 1.04. The molecule has 26 heavy (non-hydrogen) atoms. The van der Waals surface area contributed by atoms with Gasteiger partial charge in [0.2, 0.25) is 5.91 Å². The number of imidazole rings is 1. The van der Waals surface area contributed by atoms with Gasteiger partial charge in [-0.3, -0.25) is 4.79 Å². The number of hydrogen-bond acceptors (Lipinski definition) is 4. The fraction of sp³-hybridized carbons (Fsp3) is 0.368. The Labute approximate surface area is 152 Å². The van der Waals surface area contributed by atoms with Crippen LogP contribution in [0.3, 0.4) is 0 Å². The molecule has 1 N–H and O–H groups in total. The van der Waals surface area contributed by atoms with E-state index in [4.69, 9.17) is 0 Å². The van der Waals surface area contributed by atoms with Gasteiger partial charge in [0.1, 0.15) is 12.2 Å². The maximum atomic E-state index is 12.6. The maximum Gasteiger partial charge on any atom is 0.227 e. The summed E-state index contributed by atoms with van der Waals surface area (Å²) < 4.78 is 4.08. The molecule has 0 saturated carbocycles. The molecule has 1 atom stereocenters. The number of nitrogens with zero attached hydrogens (tertiary/aromatic N) is 5. The van der Waals surface area contributed by atoms with E-state index in [2.05, 4.69) is 20.5 Å². The summed E-state index contributed by atoms with van der Waals surface area (Å²) in [5.41, 5.74) is 3.99. The summed E-state index contributed by atoms with van der Waals surface area (Å²) >= 11 is 0. The normalized spacial score (nSPS) is 16.8. The first kappa shape index (κ1) is 16.5. The van der Waals surface area contributed by atoms with Crippen molar-refractivity contribution >= 4 is 11.6 Å². The Kier molecular flexibility index (Phi) is 4.28. The lowest BCUT2D eigenvalue weighted by molar-refractivity contribution is -0.120. The van der Waals surface area contributed by atoms with Crippen LogP contribution in [-0.4, -0.2) is 30.2 Å². The minimum atomic E-state index is -0.00470. The smallest absolute Gasteiger partial charge is 0.227 e. The third-order valence-corrected chi connectivity index (χ3v) is 5.17. The van der Waals surface area contributed by atoms with Crippen LogP contribution in [-0.2, 0) is 17.8 Å². The van der Waals surface area contributed by atoms with E-state index in [1.165, 1.54) is 0 Å². The van der Waals surface area contributed by atoms with Gasteiger partial charge in [0.25, 0.3) is 0 Å². The van der Waals surface area contributed by atoms with E-state index in [1.54, 1.807) is 6.33 Å². The second kappa shape index (κ2) is 6.74. The number of aryl methyl sites for hydroxylation is 3. The molecule has 3 heterocycles. The van der Waals surface area contributed by atoms with Crippen molar-refractivity contribution in [1.29, 1.82) is 0 Å². The summed E-state index contributed by atoms with van der Waals surface area (Å²) in [4.78, 5) is 17.0. The Morgan fingerprint density at radius 3 is 2.69 bits per heavy atom. The first-order valence-electron chi connectivity index (χ1n) is 8.90. The Balaban J connectivity index is 1.42. The van der Waals surface area contributed by atoms with E-state index in [-0.39, 0.29) is 11.8 Å². The van der Waals surface area contributed by atoms with Crippen LogP contribution in [0.4, 0.5) is 5.69 Å². The highest BCUT2D eigenvalue weighted by molar-refractivity contribution is 5.92. The van der Waals surface area contributed by atoms with Crippen LogP contribution in [0.2, 0.25) is 0 Å². The topological polar surface area (TPSA) is 77.6 Å². The average molecular weight is 350 g/mol. The molecule has 3 aromatic rings. The highest BCUT2D eigenvalue weighted by atomic mass is 16.1. The number of nitrogens with one attached hydrogen (secondary N) is 1. The van der Waals surface area contributed by atoms with Crippen LogP contribution < -0.4 is 5.32 Å². The van der Waals surface area contributed by atoms with Gasteiger partial charge in [-0.05, 0) is 51.0 Å². The van der Waals surface area contributed by atoms with Gasteiger partial charge >= 0.3 is 0 Å². The van der Waals surface area contributed by atoms with Crippen molar-refractivity contribution < 1.29 is 4.79 Å². The SMILES string of the molecule is Cc1ncn(-c2ccc(NC(=O)C3CCc4nncn4CC3)cc2)c1C. The first-order chi connectivity index (χ1) is 12.6. The van der Waals surface area contributed by atoms with Crippen LogP contribution in [0.25, 0.3) is 5.69 Å². The van der Waals surface area contributed by atoms with Gasteiger partial charge in [-0.15, -0.1) is 10.2 Å². The monoisotopic (exact) mass is 350 g/mol. The molecule has 0 bridgehead atoms. The molecule has 1 aliphatic rings. The minimum Gasteiger partial charge on any atom is -0.326 e. The summed E-state index contributed by atoms with van der Waals surface area (Å²) in [6.45, 7) is 4.83. The van der Waals surface area contributed by atoms with E-state index < -0.39 is 0 Å². The van der Waals surface area contributed by atoms with Gasteiger partial charge < -0.3 is 14.5 Å². The zero-order valence-corrected chi connectivity index (χ0v) is 15.0. The minimum absolute atomic E-state index is 0.00470. The number of amides is 1. The molecule has 1 unspecified atom stereocenters. The molecule has 1 aliphatic heterocycles. The van der Waals surface area contributed by atoms with Crippen LogP contribution in [0.15, 0.2) is 36.9 Å². The Morgan fingerprint density at radius 1 is 1.15 bits per heavy atom. The van der Waals surface area contributed by atoms with Crippen LogP contribution in [0.1, 0.15) is 30.1 Å². The lowest BCUT2D eigenvalue weighted by Gasteiger charge is -2.14. The van der Waals surface area contributed by atoms with Crippen molar-refractivity contribution in [3.63, 3.8) is 0 Å². The molecular weight excluding hydrogens is 328 g/mol. The van der Waals surface area contributed by atoms with Crippen molar-refractivity contribution in [2.45, 2.75) is 39.7 Å². The maximum absolute atomic E-state index is 12.6. The predicted molar refractivity (Wildman–Crippen MR) is 98.1 cm³/mol. The van der Waals surface area contributed by atoms with Crippen molar-refractivity contribution in [3.05, 3.63) is 54.1 Å². The van der Waals surface area contributed by atoms with E-state index in [9.17, 15) is 4.79 Å². The largest absolute Gasteiger partial charge is 0.326 e. The zero-order valence-electron chi connectivity index (χ0n) is 15.0. The van der Waals surface area contributed by atoms with Gasteiger partial charge in [0, 0.05) is 36.0 Å². The molecular formula is C19H22N6O. The first-order valence-corrected chi connectivity index (χ1v) is 8.90. The molecule has 1 amide bonds. The van der Waals surface area contributed by atoms with Gasteiger partial charge in [-0.2, -0.15) is 0 Å². The molecule has 0 saturated heterocycles. The lowest BCUT2D eigenvalue weighted by atomic mass is 9.99. The molecule has 134 valence electrons. The summed E-state index contributed by atoms with van der Waals surface area (Å²) in [5, 5.41) is 11.1. The van der Waals surface area contributed by atoms with Gasteiger partial charge in [0.15, 0.2) is 0 Å². The van der Waals surface area contributed by atoms with Gasteiger partial charge in [-0.25, -0.2) is 4.98 Å². The van der Waals surface area contributed by atoms with Crippen LogP contribution >= 0.6 is 0 Å². The van der Waals surface area contributed by atoms with E-state index in [1.807, 2.05) is 53.6 Å². The molecule has 0 fully saturated rings. The molecule has 4 rings (SSSR count). The number of hydrogen-bond donors (Lipinski definition) is 1. The number of carbonyl (C=O) groups is 1. The highest BCUT2D eigenvalue weighted by Crippen LogP contribution is 2.22. The quantitative estimate of drug-likeness (QED) is 0.788. The molecule has 0 spiro atoms. The lowest BCUT2D eigenvalue weighted by Crippen LogP contribution is -2.23. The Bertz CT molecular complexity index is 901. The number of carbonyl (C=O) groups excluding carboxylic acids is 1. The van der Waals surface area contributed by atoms with Crippen LogP contribution in [0, 0.1) is 19.8 Å². The van der Waals surface area contributed by atoms with E-state index >= 15 is 0 Å². The number of anilines is 1. The summed E-state index contributed by atoms with van der Waals surface area (Å²) in [6.07, 6.45) is 5.96. The average Bonchev–Trinajstić information content (AvgIpc) is 3.17. The number of benzene rings is 1. The molecule has 1 aromatic carbocycles. The second-order valence-electron chi connectivity index (χ2n) is 6.79. The van der Waals surface area contributed by atoms with E-state index in [0.29, 0.717) is 0 Å². The molecule has 2 aromatic heterocycles. The predicted octanol–water partition coefficient (Wildman–Crippen LogP) is 2.67. The molecule has 0 aliphatic carbocycles. The zero-order chi connectivity index (χ0) is 18.1. The highest BCUT2D eigenvalue weighted by Gasteiger charge is 2.23. The van der Waals surface area contributed by atoms with Gasteiger partial charge in [0.05, 0.1) is 12.0 Å². The fourth-order valence-electron chi connectivity index (χ4n) is 3.37. The fourth-order valence-corrected chi connectivity index (χ4v) is 3.37. The summed E-state index contributed by atoms with van der Waals surface area (Å²) in [6, 6.07) is 7.87. The van der Waals surface area contributed by atoms with Crippen molar-refractivity contribution in [1.82, 2.24) is 24.3 Å². The van der Waals surface area contributed by atoms with Crippen molar-refractivity contribution in [2.75, 3.05) is 5.32 Å². The van der Waals surface area contributed by atoms with E-state index in [0.717, 1.165) is 54.4 Å². The Morgan fingerprint density at radius 2 is 1.96 bits per heavy atom. The van der Waals surface area contributed by atoms with Crippen molar-refractivity contribution in [3.8, 4) is 5.69 Å². The molecule has 7 nitrogen and oxygen atoms in total. The number of fused-ring (bicyclic) bond motifs is 1. The number of rotatable bonds is 3. The second-order valence-corrected chi connectivity index (χ2v) is 6.79.